The summed E-state index contributed by atoms with van der Waals surface area (Å²) >= 11 is 0. The molecule has 144 valence electrons. The van der Waals surface area contributed by atoms with Crippen molar-refractivity contribution in [3.8, 4) is 0 Å². The van der Waals surface area contributed by atoms with E-state index in [2.05, 4.69) is 5.32 Å². The number of hydrogen-bond donors (Lipinski definition) is 1. The van der Waals surface area contributed by atoms with E-state index in [-0.39, 0.29) is 11.7 Å². The number of carbonyl (C=O) groups is 1. The first-order valence-electron chi connectivity index (χ1n) is 9.38. The molecular formula is C21H26N2O3S. The average Bonchev–Trinajstić information content (AvgIpc) is 2.67. The summed E-state index contributed by atoms with van der Waals surface area (Å²) < 4.78 is 26.0. The number of nitrogens with zero attached hydrogens (tertiary/aromatic N) is 1. The number of amides is 1. The molecule has 0 saturated heterocycles. The lowest BCUT2D eigenvalue weighted by atomic mass is 10.0. The highest BCUT2D eigenvalue weighted by Crippen LogP contribution is 2.31. The van der Waals surface area contributed by atoms with E-state index in [4.69, 9.17) is 0 Å². The molecule has 0 fully saturated rings. The molecule has 0 aliphatic carbocycles. The Morgan fingerprint density at radius 1 is 1.15 bits per heavy atom. The van der Waals surface area contributed by atoms with Gasteiger partial charge in [0.2, 0.25) is 15.9 Å². The molecule has 1 N–H and O–H groups in total. The SMILES string of the molecule is CCS(=O)(=O)N1CCCc2cc(NC(=O)CCc3ccc(C)cc3)ccc21. The van der Waals surface area contributed by atoms with Gasteiger partial charge in [-0.15, -0.1) is 0 Å². The van der Waals surface area contributed by atoms with Gasteiger partial charge in [0.1, 0.15) is 0 Å². The summed E-state index contributed by atoms with van der Waals surface area (Å²) in [5.74, 6) is 0.0496. The predicted molar refractivity (Wildman–Crippen MR) is 110 cm³/mol. The van der Waals surface area contributed by atoms with Crippen LogP contribution in [0.4, 0.5) is 11.4 Å². The highest BCUT2D eigenvalue weighted by Gasteiger charge is 2.26. The van der Waals surface area contributed by atoms with Crippen molar-refractivity contribution in [1.82, 2.24) is 0 Å². The Hall–Kier alpha value is -2.34. The fourth-order valence-electron chi connectivity index (χ4n) is 3.32. The number of carbonyl (C=O) groups excluding carboxylic acids is 1. The lowest BCUT2D eigenvalue weighted by Crippen LogP contribution is -2.36. The molecule has 3 rings (SSSR count). The molecule has 27 heavy (non-hydrogen) atoms. The zero-order valence-corrected chi connectivity index (χ0v) is 16.7. The smallest absolute Gasteiger partial charge is 0.234 e. The van der Waals surface area contributed by atoms with Crippen LogP contribution in [0.2, 0.25) is 0 Å². The van der Waals surface area contributed by atoms with Crippen LogP contribution < -0.4 is 9.62 Å². The number of aryl methyl sites for hydroxylation is 3. The second-order valence-corrected chi connectivity index (χ2v) is 9.14. The van der Waals surface area contributed by atoms with Crippen LogP contribution in [0.5, 0.6) is 0 Å². The molecule has 0 spiro atoms. The van der Waals surface area contributed by atoms with E-state index in [0.29, 0.717) is 19.4 Å². The van der Waals surface area contributed by atoms with Crippen LogP contribution in [0.15, 0.2) is 42.5 Å². The Kier molecular flexibility index (Phi) is 5.85. The van der Waals surface area contributed by atoms with Gasteiger partial charge in [-0.05, 0) is 62.4 Å². The summed E-state index contributed by atoms with van der Waals surface area (Å²) in [4.78, 5) is 12.3. The Morgan fingerprint density at radius 3 is 2.59 bits per heavy atom. The largest absolute Gasteiger partial charge is 0.326 e. The lowest BCUT2D eigenvalue weighted by Gasteiger charge is -2.30. The van der Waals surface area contributed by atoms with E-state index in [1.807, 2.05) is 37.3 Å². The molecule has 0 radical (unpaired) electrons. The standard InChI is InChI=1S/C21H26N2O3S/c1-3-27(25,26)23-14-4-5-18-15-19(11-12-20(18)23)22-21(24)13-10-17-8-6-16(2)7-9-17/h6-9,11-12,15H,3-5,10,13-14H2,1-2H3,(H,22,24). The highest BCUT2D eigenvalue weighted by atomic mass is 32.2. The van der Waals surface area contributed by atoms with Crippen molar-refractivity contribution in [1.29, 1.82) is 0 Å². The van der Waals surface area contributed by atoms with Gasteiger partial charge in [-0.2, -0.15) is 0 Å². The number of rotatable bonds is 6. The number of nitrogens with one attached hydrogen (secondary N) is 1. The number of sulfonamides is 1. The van der Waals surface area contributed by atoms with Crippen molar-refractivity contribution in [3.05, 3.63) is 59.2 Å². The van der Waals surface area contributed by atoms with Crippen LogP contribution >= 0.6 is 0 Å². The van der Waals surface area contributed by atoms with Crippen molar-refractivity contribution < 1.29 is 13.2 Å². The van der Waals surface area contributed by atoms with E-state index < -0.39 is 10.0 Å². The second kappa shape index (κ2) is 8.13. The minimum absolute atomic E-state index is 0.0376. The van der Waals surface area contributed by atoms with Gasteiger partial charge in [0.25, 0.3) is 0 Å². The third kappa shape index (κ3) is 4.69. The molecule has 1 heterocycles. The van der Waals surface area contributed by atoms with E-state index in [1.165, 1.54) is 9.87 Å². The minimum atomic E-state index is -3.27. The van der Waals surface area contributed by atoms with Gasteiger partial charge in [0.05, 0.1) is 11.4 Å². The van der Waals surface area contributed by atoms with Gasteiger partial charge in [0, 0.05) is 18.7 Å². The normalized spacial score (nSPS) is 13.9. The highest BCUT2D eigenvalue weighted by molar-refractivity contribution is 7.92. The van der Waals surface area contributed by atoms with E-state index in [1.54, 1.807) is 19.1 Å². The maximum absolute atomic E-state index is 12.3. The lowest BCUT2D eigenvalue weighted by molar-refractivity contribution is -0.116. The molecule has 0 unspecified atom stereocenters. The fraction of sp³-hybridized carbons (Fsp3) is 0.381. The number of anilines is 2. The van der Waals surface area contributed by atoms with Crippen LogP contribution in [-0.4, -0.2) is 26.6 Å². The number of hydrogen-bond acceptors (Lipinski definition) is 3. The minimum Gasteiger partial charge on any atom is -0.326 e. The average molecular weight is 387 g/mol. The molecular weight excluding hydrogens is 360 g/mol. The first-order chi connectivity index (χ1) is 12.9. The molecule has 0 bridgehead atoms. The zero-order valence-electron chi connectivity index (χ0n) is 15.9. The topological polar surface area (TPSA) is 66.5 Å². The summed E-state index contributed by atoms with van der Waals surface area (Å²) in [6, 6.07) is 13.7. The molecule has 0 atom stereocenters. The fourth-order valence-corrected chi connectivity index (χ4v) is 4.52. The summed E-state index contributed by atoms with van der Waals surface area (Å²) in [5.41, 5.74) is 4.77. The Morgan fingerprint density at radius 2 is 1.89 bits per heavy atom. The Bertz CT molecular complexity index is 921. The van der Waals surface area contributed by atoms with Gasteiger partial charge in [-0.3, -0.25) is 9.10 Å². The molecule has 0 saturated carbocycles. The van der Waals surface area contributed by atoms with Gasteiger partial charge in [-0.25, -0.2) is 8.42 Å². The molecule has 2 aromatic rings. The Balaban J connectivity index is 1.66. The predicted octanol–water partition coefficient (Wildman–Crippen LogP) is 3.67. The first kappa shape index (κ1) is 19.4. The molecule has 1 aliphatic heterocycles. The first-order valence-corrected chi connectivity index (χ1v) is 11.0. The number of benzene rings is 2. The zero-order chi connectivity index (χ0) is 19.4. The number of fused-ring (bicyclic) bond motifs is 1. The van der Waals surface area contributed by atoms with Crippen LogP contribution in [0.25, 0.3) is 0 Å². The van der Waals surface area contributed by atoms with Crippen molar-refractivity contribution in [2.45, 2.75) is 39.5 Å². The molecule has 1 aliphatic rings. The summed E-state index contributed by atoms with van der Waals surface area (Å²) in [5, 5.41) is 2.93. The maximum atomic E-state index is 12.3. The van der Waals surface area contributed by atoms with Crippen LogP contribution in [0, 0.1) is 6.92 Å². The molecule has 6 heteroatoms. The van der Waals surface area contributed by atoms with Crippen molar-refractivity contribution in [2.75, 3.05) is 21.9 Å². The molecule has 1 amide bonds. The monoisotopic (exact) mass is 386 g/mol. The van der Waals surface area contributed by atoms with Gasteiger partial charge >= 0.3 is 0 Å². The molecule has 5 nitrogen and oxygen atoms in total. The van der Waals surface area contributed by atoms with Crippen molar-refractivity contribution >= 4 is 27.3 Å². The van der Waals surface area contributed by atoms with E-state index >= 15 is 0 Å². The van der Waals surface area contributed by atoms with Crippen molar-refractivity contribution in [3.63, 3.8) is 0 Å². The van der Waals surface area contributed by atoms with Crippen LogP contribution in [0.3, 0.4) is 0 Å². The van der Waals surface area contributed by atoms with Crippen LogP contribution in [-0.2, 0) is 27.7 Å². The molecule has 2 aromatic carbocycles. The van der Waals surface area contributed by atoms with Gasteiger partial charge < -0.3 is 5.32 Å². The van der Waals surface area contributed by atoms with Gasteiger partial charge in [0.15, 0.2) is 0 Å². The maximum Gasteiger partial charge on any atom is 0.234 e. The van der Waals surface area contributed by atoms with Crippen LogP contribution in [0.1, 0.15) is 36.5 Å². The third-order valence-corrected chi connectivity index (χ3v) is 6.68. The summed E-state index contributed by atoms with van der Waals surface area (Å²) in [6.45, 7) is 4.22. The van der Waals surface area contributed by atoms with E-state index in [0.717, 1.165) is 35.3 Å². The molecule has 0 aromatic heterocycles. The van der Waals surface area contributed by atoms with Crippen molar-refractivity contribution in [2.24, 2.45) is 0 Å². The quantitative estimate of drug-likeness (QED) is 0.824. The van der Waals surface area contributed by atoms with Gasteiger partial charge in [-0.1, -0.05) is 29.8 Å². The third-order valence-electron chi connectivity index (χ3n) is 4.90. The van der Waals surface area contributed by atoms with E-state index in [9.17, 15) is 13.2 Å². The second-order valence-electron chi connectivity index (χ2n) is 6.95. The summed E-state index contributed by atoms with van der Waals surface area (Å²) in [6.07, 6.45) is 2.71. The Labute approximate surface area is 161 Å². The summed E-state index contributed by atoms with van der Waals surface area (Å²) in [7, 11) is -3.27.